The molecule has 0 saturated carbocycles. The number of hydrogen-bond donors (Lipinski definition) is 0. The molecule has 2 atom stereocenters. The molecule has 0 aromatic carbocycles. The van der Waals surface area contributed by atoms with Gasteiger partial charge in [-0.15, -0.1) is 0 Å². The Bertz CT molecular complexity index is 572. The second-order valence-corrected chi connectivity index (χ2v) is 6.72. The van der Waals surface area contributed by atoms with E-state index in [-0.39, 0.29) is 18.4 Å². The Kier molecular flexibility index (Phi) is 5.28. The van der Waals surface area contributed by atoms with Crippen LogP contribution in [0.2, 0.25) is 0 Å². The zero-order valence-corrected chi connectivity index (χ0v) is 14.6. The molecule has 0 bridgehead atoms. The summed E-state index contributed by atoms with van der Waals surface area (Å²) >= 11 is 0. The first-order chi connectivity index (χ1) is 10.8. The van der Waals surface area contributed by atoms with Crippen LogP contribution in [-0.2, 0) is 11.8 Å². The minimum atomic E-state index is -0.141. The third-order valence-corrected chi connectivity index (χ3v) is 4.05. The van der Waals surface area contributed by atoms with Crippen molar-refractivity contribution in [3.63, 3.8) is 0 Å². The highest BCUT2D eigenvalue weighted by Crippen LogP contribution is 2.23. The molecule has 1 aromatic rings. The highest BCUT2D eigenvalue weighted by Gasteiger charge is 2.28. The van der Waals surface area contributed by atoms with Crippen molar-refractivity contribution in [2.45, 2.75) is 20.3 Å². The summed E-state index contributed by atoms with van der Waals surface area (Å²) in [4.78, 5) is 27.5. The summed E-state index contributed by atoms with van der Waals surface area (Å²) in [5, 5.41) is 4.23. The molecule has 0 N–H and O–H groups in total. The lowest BCUT2D eigenvalue weighted by molar-refractivity contribution is -0.130. The fourth-order valence-corrected chi connectivity index (χ4v) is 2.95. The van der Waals surface area contributed by atoms with Crippen LogP contribution >= 0.6 is 0 Å². The molecule has 1 fully saturated rings. The summed E-state index contributed by atoms with van der Waals surface area (Å²) in [6.45, 7) is 5.77. The maximum atomic E-state index is 12.6. The van der Waals surface area contributed by atoms with Crippen molar-refractivity contribution in [2.24, 2.45) is 18.9 Å². The Balaban J connectivity index is 2.04. The lowest BCUT2D eigenvalue weighted by Gasteiger charge is -2.34. The van der Waals surface area contributed by atoms with Crippen LogP contribution < -0.4 is 4.74 Å². The molecule has 2 heterocycles. The predicted molar refractivity (Wildman–Crippen MR) is 86.2 cm³/mol. The molecule has 1 aliphatic heterocycles. The Hall–Kier alpha value is -2.05. The summed E-state index contributed by atoms with van der Waals surface area (Å²) in [6.07, 6.45) is 1.15. The largest absolute Gasteiger partial charge is 0.468 e. The van der Waals surface area contributed by atoms with E-state index in [1.807, 2.05) is 4.90 Å². The van der Waals surface area contributed by atoms with Crippen LogP contribution in [0.4, 0.5) is 0 Å². The third kappa shape index (κ3) is 4.24. The number of likely N-dealkylation sites (N-methyl/N-ethyl adjacent to an activating group) is 1. The van der Waals surface area contributed by atoms with Gasteiger partial charge in [-0.05, 0) is 18.3 Å². The van der Waals surface area contributed by atoms with E-state index in [0.717, 1.165) is 19.5 Å². The minimum absolute atomic E-state index is 0.0715. The molecule has 128 valence electrons. The molecule has 2 amide bonds. The van der Waals surface area contributed by atoms with E-state index in [0.29, 0.717) is 23.4 Å². The number of carbonyl (C=O) groups is 2. The van der Waals surface area contributed by atoms with Crippen molar-refractivity contribution in [3.05, 3.63) is 11.8 Å². The number of piperidine rings is 1. The highest BCUT2D eigenvalue weighted by molar-refractivity contribution is 5.92. The van der Waals surface area contributed by atoms with Crippen molar-refractivity contribution in [1.29, 1.82) is 0 Å². The van der Waals surface area contributed by atoms with E-state index >= 15 is 0 Å². The van der Waals surface area contributed by atoms with E-state index in [2.05, 4.69) is 18.9 Å². The van der Waals surface area contributed by atoms with Crippen LogP contribution in [0, 0.1) is 11.8 Å². The average Bonchev–Trinajstić information content (AvgIpc) is 2.83. The lowest BCUT2D eigenvalue weighted by atomic mass is 9.92. The van der Waals surface area contributed by atoms with Crippen molar-refractivity contribution in [3.8, 4) is 5.88 Å². The third-order valence-electron chi connectivity index (χ3n) is 4.05. The molecular formula is C16H26N4O3. The monoisotopic (exact) mass is 322 g/mol. The van der Waals surface area contributed by atoms with Gasteiger partial charge in [0.2, 0.25) is 5.88 Å². The van der Waals surface area contributed by atoms with Gasteiger partial charge in [0.05, 0.1) is 0 Å². The van der Waals surface area contributed by atoms with Gasteiger partial charge >= 0.3 is 0 Å². The van der Waals surface area contributed by atoms with Gasteiger partial charge in [-0.2, -0.15) is 5.10 Å². The number of rotatable bonds is 4. The second kappa shape index (κ2) is 7.02. The molecule has 1 aromatic heterocycles. The molecule has 7 heteroatoms. The topological polar surface area (TPSA) is 67.7 Å². The van der Waals surface area contributed by atoms with E-state index in [9.17, 15) is 9.59 Å². The Morgan fingerprint density at radius 2 is 1.91 bits per heavy atom. The molecular weight excluding hydrogens is 296 g/mol. The molecule has 0 radical (unpaired) electrons. The Labute approximate surface area is 137 Å². The number of nitrogens with zero attached hydrogens (tertiary/aromatic N) is 4. The lowest BCUT2D eigenvalue weighted by Crippen LogP contribution is -2.42. The predicted octanol–water partition coefficient (Wildman–Crippen LogP) is 1.01. The van der Waals surface area contributed by atoms with Gasteiger partial charge in [0.15, 0.2) is 12.3 Å². The van der Waals surface area contributed by atoms with Gasteiger partial charge in [-0.3, -0.25) is 9.59 Å². The quantitative estimate of drug-likeness (QED) is 0.829. The van der Waals surface area contributed by atoms with Gasteiger partial charge in [0, 0.05) is 40.3 Å². The van der Waals surface area contributed by atoms with E-state index in [4.69, 9.17) is 4.74 Å². The number of aromatic nitrogens is 2. The molecule has 7 nitrogen and oxygen atoms in total. The van der Waals surface area contributed by atoms with Gasteiger partial charge in [-0.25, -0.2) is 4.68 Å². The van der Waals surface area contributed by atoms with Crippen LogP contribution in [-0.4, -0.2) is 65.2 Å². The van der Waals surface area contributed by atoms with Gasteiger partial charge in [0.25, 0.3) is 11.8 Å². The maximum Gasteiger partial charge on any atom is 0.274 e. The van der Waals surface area contributed by atoms with E-state index in [1.54, 1.807) is 27.2 Å². The molecule has 2 rings (SSSR count). The molecule has 23 heavy (non-hydrogen) atoms. The molecule has 0 aliphatic carbocycles. The van der Waals surface area contributed by atoms with Crippen molar-refractivity contribution < 1.29 is 14.3 Å². The van der Waals surface area contributed by atoms with Crippen LogP contribution in [0.15, 0.2) is 6.07 Å². The summed E-state index contributed by atoms with van der Waals surface area (Å²) in [5.74, 6) is 1.20. The number of aryl methyl sites for hydroxylation is 1. The fraction of sp³-hybridized carbons (Fsp3) is 0.688. The summed E-state index contributed by atoms with van der Waals surface area (Å²) < 4.78 is 6.95. The van der Waals surface area contributed by atoms with Crippen LogP contribution in [0.25, 0.3) is 0 Å². The molecule has 0 spiro atoms. The summed E-state index contributed by atoms with van der Waals surface area (Å²) in [6, 6.07) is 1.61. The number of amides is 2. The van der Waals surface area contributed by atoms with Gasteiger partial charge in [-0.1, -0.05) is 13.8 Å². The number of carbonyl (C=O) groups excluding carboxylic acids is 2. The second-order valence-electron chi connectivity index (χ2n) is 6.72. The number of ether oxygens (including phenoxy) is 1. The van der Waals surface area contributed by atoms with E-state index in [1.165, 1.54) is 9.58 Å². The maximum absolute atomic E-state index is 12.6. The Morgan fingerprint density at radius 1 is 1.30 bits per heavy atom. The first-order valence-corrected chi connectivity index (χ1v) is 7.94. The number of hydrogen-bond acceptors (Lipinski definition) is 4. The smallest absolute Gasteiger partial charge is 0.274 e. The van der Waals surface area contributed by atoms with Gasteiger partial charge < -0.3 is 14.5 Å². The minimum Gasteiger partial charge on any atom is -0.468 e. The van der Waals surface area contributed by atoms with Crippen molar-refractivity contribution >= 4 is 11.8 Å². The first-order valence-electron chi connectivity index (χ1n) is 7.94. The zero-order valence-electron chi connectivity index (χ0n) is 14.6. The molecule has 1 aliphatic rings. The normalized spacial score (nSPS) is 21.2. The summed E-state index contributed by atoms with van der Waals surface area (Å²) in [7, 11) is 5.04. The average molecular weight is 322 g/mol. The fourth-order valence-electron chi connectivity index (χ4n) is 2.95. The van der Waals surface area contributed by atoms with Crippen LogP contribution in [0.5, 0.6) is 5.88 Å². The SMILES string of the molecule is C[C@H]1C[C@H](C)CN(C(=O)c2cc(OCC(=O)N(C)C)n(C)n2)C1. The van der Waals surface area contributed by atoms with Crippen LogP contribution in [0.3, 0.4) is 0 Å². The number of likely N-dealkylation sites (tertiary alicyclic amines) is 1. The summed E-state index contributed by atoms with van der Waals surface area (Å²) in [5.41, 5.74) is 0.362. The van der Waals surface area contributed by atoms with Crippen molar-refractivity contribution in [1.82, 2.24) is 19.6 Å². The van der Waals surface area contributed by atoms with Gasteiger partial charge in [0.1, 0.15) is 0 Å². The zero-order chi connectivity index (χ0) is 17.1. The molecule has 0 unspecified atom stereocenters. The highest BCUT2D eigenvalue weighted by atomic mass is 16.5. The first kappa shape index (κ1) is 17.3. The standard InChI is InChI=1S/C16H26N4O3/c1-11-6-12(2)9-20(8-11)16(22)13-7-15(19(5)17-13)23-10-14(21)18(3)4/h7,11-12H,6,8-10H2,1-5H3/t11-,12-/m0/s1. The van der Waals surface area contributed by atoms with Crippen LogP contribution in [0.1, 0.15) is 30.8 Å². The molecule has 1 saturated heterocycles. The van der Waals surface area contributed by atoms with Crippen molar-refractivity contribution in [2.75, 3.05) is 33.8 Å². The van der Waals surface area contributed by atoms with E-state index < -0.39 is 0 Å². The Morgan fingerprint density at radius 3 is 2.48 bits per heavy atom.